The first kappa shape index (κ1) is 22.6. The fourth-order valence-corrected chi connectivity index (χ4v) is 4.79. The summed E-state index contributed by atoms with van der Waals surface area (Å²) in [6.07, 6.45) is 1.84. The lowest BCUT2D eigenvalue weighted by Crippen LogP contribution is -2.05. The van der Waals surface area contributed by atoms with Crippen LogP contribution in [0.1, 0.15) is 36.7 Å². The minimum Gasteiger partial charge on any atom is -0.481 e. The molecule has 4 aromatic rings. The van der Waals surface area contributed by atoms with E-state index in [1.54, 1.807) is 36.5 Å². The van der Waals surface area contributed by atoms with E-state index in [1.807, 2.05) is 13.8 Å². The fraction of sp³-hybridized carbons (Fsp3) is 0.208. The van der Waals surface area contributed by atoms with Crippen LogP contribution in [-0.4, -0.2) is 35.7 Å². The lowest BCUT2D eigenvalue weighted by Gasteiger charge is -2.18. The molecule has 0 atom stereocenters. The highest BCUT2D eigenvalue weighted by Crippen LogP contribution is 2.34. The molecular weight excluding hydrogens is 443 g/mol. The van der Waals surface area contributed by atoms with Crippen LogP contribution in [0.3, 0.4) is 0 Å². The third-order valence-corrected chi connectivity index (χ3v) is 6.83. The molecule has 0 radical (unpaired) electrons. The quantitative estimate of drug-likeness (QED) is 0.429. The Morgan fingerprint density at radius 2 is 1.85 bits per heavy atom. The standard InChI is InChI=1S/C24H23FN4O3S/c1-15(2)19-12-17(25)13-20(16-9-10-26-23(11-16)32-3)21(19)14-22-27-24(29-28-22)33(30,31)18-7-5-4-6-8-18/h4-13,15H,14H2,1-3H3,(H,27,28,29). The number of methoxy groups -OCH3 is 1. The first-order valence-corrected chi connectivity index (χ1v) is 11.8. The average Bonchev–Trinajstić information content (AvgIpc) is 3.30. The SMILES string of the molecule is COc1cc(-c2cc(F)cc(C(C)C)c2Cc2nc(S(=O)(=O)c3ccccc3)n[nH]2)ccn1. The van der Waals surface area contributed by atoms with Crippen molar-refractivity contribution in [1.29, 1.82) is 0 Å². The molecule has 2 heterocycles. The zero-order chi connectivity index (χ0) is 23.6. The molecule has 1 N–H and O–H groups in total. The molecule has 4 rings (SSSR count). The maximum Gasteiger partial charge on any atom is 0.271 e. The van der Waals surface area contributed by atoms with Crippen molar-refractivity contribution in [2.75, 3.05) is 7.11 Å². The van der Waals surface area contributed by atoms with E-state index in [0.29, 0.717) is 17.3 Å². The fourth-order valence-electron chi connectivity index (χ4n) is 3.67. The Kier molecular flexibility index (Phi) is 6.24. The summed E-state index contributed by atoms with van der Waals surface area (Å²) in [5.74, 6) is 0.428. The molecule has 0 aliphatic heterocycles. The summed E-state index contributed by atoms with van der Waals surface area (Å²) in [6.45, 7) is 3.95. The van der Waals surface area contributed by atoms with E-state index >= 15 is 0 Å². The molecule has 0 saturated heterocycles. The van der Waals surface area contributed by atoms with Crippen LogP contribution in [0, 0.1) is 5.82 Å². The Labute approximate surface area is 191 Å². The summed E-state index contributed by atoms with van der Waals surface area (Å²) < 4.78 is 45.5. The first-order valence-electron chi connectivity index (χ1n) is 10.3. The summed E-state index contributed by atoms with van der Waals surface area (Å²) in [5.41, 5.74) is 3.00. The Morgan fingerprint density at radius 3 is 2.55 bits per heavy atom. The highest BCUT2D eigenvalue weighted by molar-refractivity contribution is 7.91. The third-order valence-electron chi connectivity index (χ3n) is 5.28. The summed E-state index contributed by atoms with van der Waals surface area (Å²) >= 11 is 0. The lowest BCUT2D eigenvalue weighted by atomic mass is 9.88. The van der Waals surface area contributed by atoms with E-state index in [1.165, 1.54) is 31.4 Å². The van der Waals surface area contributed by atoms with Crippen LogP contribution in [0.4, 0.5) is 4.39 Å². The minimum atomic E-state index is -3.85. The summed E-state index contributed by atoms with van der Waals surface area (Å²) in [6, 6.07) is 14.5. The average molecular weight is 467 g/mol. The molecule has 0 unspecified atom stereocenters. The number of benzene rings is 2. The Balaban J connectivity index is 1.79. The number of hydrogen-bond acceptors (Lipinski definition) is 6. The van der Waals surface area contributed by atoms with Gasteiger partial charge in [0, 0.05) is 18.7 Å². The lowest BCUT2D eigenvalue weighted by molar-refractivity contribution is 0.398. The molecular formula is C24H23FN4O3S. The molecule has 2 aromatic carbocycles. The van der Waals surface area contributed by atoms with Gasteiger partial charge in [-0.05, 0) is 58.5 Å². The van der Waals surface area contributed by atoms with Gasteiger partial charge in [0.15, 0.2) is 0 Å². The van der Waals surface area contributed by atoms with Gasteiger partial charge in [0.25, 0.3) is 5.16 Å². The van der Waals surface area contributed by atoms with Gasteiger partial charge in [0.05, 0.1) is 12.0 Å². The van der Waals surface area contributed by atoms with Crippen LogP contribution in [0.15, 0.2) is 70.8 Å². The number of nitrogens with zero attached hydrogens (tertiary/aromatic N) is 3. The van der Waals surface area contributed by atoms with Gasteiger partial charge in [0.2, 0.25) is 15.7 Å². The molecule has 0 spiro atoms. The van der Waals surface area contributed by atoms with Crippen molar-refractivity contribution in [3.63, 3.8) is 0 Å². The van der Waals surface area contributed by atoms with Crippen molar-refractivity contribution in [3.8, 4) is 17.0 Å². The van der Waals surface area contributed by atoms with E-state index in [4.69, 9.17) is 4.74 Å². The molecule has 0 aliphatic carbocycles. The number of rotatable bonds is 7. The highest BCUT2D eigenvalue weighted by atomic mass is 32.2. The smallest absolute Gasteiger partial charge is 0.271 e. The van der Waals surface area contributed by atoms with E-state index < -0.39 is 9.84 Å². The van der Waals surface area contributed by atoms with Gasteiger partial charge in [-0.1, -0.05) is 32.0 Å². The van der Waals surface area contributed by atoms with Crippen molar-refractivity contribution in [1.82, 2.24) is 20.2 Å². The molecule has 0 bridgehead atoms. The van der Waals surface area contributed by atoms with E-state index in [9.17, 15) is 12.8 Å². The predicted molar refractivity (Wildman–Crippen MR) is 121 cm³/mol. The Hall–Kier alpha value is -3.59. The van der Waals surface area contributed by atoms with Gasteiger partial charge in [-0.25, -0.2) is 22.8 Å². The number of ether oxygens (including phenoxy) is 1. The molecule has 2 aromatic heterocycles. The second-order valence-corrected chi connectivity index (χ2v) is 9.66. The summed E-state index contributed by atoms with van der Waals surface area (Å²) in [7, 11) is -2.34. The van der Waals surface area contributed by atoms with Crippen molar-refractivity contribution >= 4 is 9.84 Å². The number of nitrogens with one attached hydrogen (secondary N) is 1. The molecule has 9 heteroatoms. The molecule has 0 amide bonds. The normalized spacial score (nSPS) is 11.7. The van der Waals surface area contributed by atoms with Gasteiger partial charge in [0.1, 0.15) is 11.6 Å². The van der Waals surface area contributed by atoms with Gasteiger partial charge < -0.3 is 4.74 Å². The summed E-state index contributed by atoms with van der Waals surface area (Å²) in [5, 5.41) is 6.39. The van der Waals surface area contributed by atoms with Gasteiger partial charge in [-0.2, -0.15) is 0 Å². The monoisotopic (exact) mass is 466 g/mol. The van der Waals surface area contributed by atoms with Gasteiger partial charge in [-0.3, -0.25) is 5.10 Å². The third kappa shape index (κ3) is 4.63. The topological polar surface area (TPSA) is 97.8 Å². The van der Waals surface area contributed by atoms with Crippen LogP contribution in [0.2, 0.25) is 0 Å². The number of H-pyrrole nitrogens is 1. The number of aromatic amines is 1. The van der Waals surface area contributed by atoms with E-state index in [0.717, 1.165) is 16.7 Å². The molecule has 170 valence electrons. The molecule has 7 nitrogen and oxygen atoms in total. The number of pyridine rings is 1. The number of sulfone groups is 1. The number of hydrogen-bond donors (Lipinski definition) is 1. The van der Waals surface area contributed by atoms with Crippen molar-refractivity contribution in [3.05, 3.63) is 83.6 Å². The van der Waals surface area contributed by atoms with Crippen LogP contribution in [0.25, 0.3) is 11.1 Å². The second-order valence-electron chi connectivity index (χ2n) is 7.82. The molecule has 0 fully saturated rings. The number of halogens is 1. The van der Waals surface area contributed by atoms with Crippen LogP contribution in [0.5, 0.6) is 5.88 Å². The highest BCUT2D eigenvalue weighted by Gasteiger charge is 2.24. The second kappa shape index (κ2) is 9.11. The van der Waals surface area contributed by atoms with Crippen LogP contribution < -0.4 is 4.74 Å². The predicted octanol–water partition coefficient (Wildman–Crippen LogP) is 4.56. The maximum atomic E-state index is 14.6. The van der Waals surface area contributed by atoms with Gasteiger partial charge in [-0.15, -0.1) is 5.10 Å². The summed E-state index contributed by atoms with van der Waals surface area (Å²) in [4.78, 5) is 8.50. The minimum absolute atomic E-state index is 0.0219. The maximum absolute atomic E-state index is 14.6. The molecule has 0 saturated carbocycles. The zero-order valence-electron chi connectivity index (χ0n) is 18.4. The van der Waals surface area contributed by atoms with Crippen molar-refractivity contribution in [2.24, 2.45) is 0 Å². The van der Waals surface area contributed by atoms with Crippen LogP contribution >= 0.6 is 0 Å². The van der Waals surface area contributed by atoms with Crippen molar-refractivity contribution in [2.45, 2.75) is 36.2 Å². The first-order chi connectivity index (χ1) is 15.8. The largest absolute Gasteiger partial charge is 0.481 e. The Morgan fingerprint density at radius 1 is 1.09 bits per heavy atom. The number of aromatic nitrogens is 4. The Bertz CT molecular complexity index is 1390. The van der Waals surface area contributed by atoms with E-state index in [2.05, 4.69) is 20.2 Å². The zero-order valence-corrected chi connectivity index (χ0v) is 19.2. The van der Waals surface area contributed by atoms with Crippen LogP contribution in [-0.2, 0) is 16.3 Å². The van der Waals surface area contributed by atoms with Gasteiger partial charge >= 0.3 is 0 Å². The molecule has 0 aliphatic rings. The van der Waals surface area contributed by atoms with Crippen molar-refractivity contribution < 1.29 is 17.5 Å². The van der Waals surface area contributed by atoms with E-state index in [-0.39, 0.29) is 28.2 Å². The molecule has 33 heavy (non-hydrogen) atoms.